The van der Waals surface area contributed by atoms with Crippen LogP contribution in [0, 0.1) is 5.92 Å². The van der Waals surface area contributed by atoms with E-state index in [-0.39, 0.29) is 0 Å². The summed E-state index contributed by atoms with van der Waals surface area (Å²) in [6.07, 6.45) is 10.9. The number of aryl methyl sites for hydroxylation is 1. The Labute approximate surface area is 162 Å². The van der Waals surface area contributed by atoms with Crippen molar-refractivity contribution >= 4 is 0 Å². The quantitative estimate of drug-likeness (QED) is 0.169. The van der Waals surface area contributed by atoms with Gasteiger partial charge in [0.05, 0.1) is 6.61 Å². The maximum atomic E-state index is 5.43. The second kappa shape index (κ2) is 16.7. The summed E-state index contributed by atoms with van der Waals surface area (Å²) in [5.41, 5.74) is 5.82. The Morgan fingerprint density at radius 2 is 1.85 bits per heavy atom. The van der Waals surface area contributed by atoms with E-state index in [1.165, 1.54) is 49.7 Å². The molecule has 1 aromatic carbocycles. The second-order valence-corrected chi connectivity index (χ2v) is 6.82. The standard InChI is InChI=1S/C13H18.C12H22O/c1-3-7-12(2)10-11-13-8-5-4-6-9-13;1-5-8-9-10-11(4)12(6-2)13-7-3/h4-9H,3,10-11H2,1-2H3;11H,2,5,7-10H2,1,3-4H3. The van der Waals surface area contributed by atoms with Crippen molar-refractivity contribution in [1.29, 1.82) is 0 Å². The first kappa shape index (κ1) is 24.3. The van der Waals surface area contributed by atoms with Crippen LogP contribution in [0.3, 0.4) is 0 Å². The Hall–Kier alpha value is -1.72. The van der Waals surface area contributed by atoms with Crippen molar-refractivity contribution < 1.29 is 4.74 Å². The predicted octanol–water partition coefficient (Wildman–Crippen LogP) is 7.88. The number of benzene rings is 1. The first-order valence-corrected chi connectivity index (χ1v) is 10.3. The fraction of sp³-hybridized carbons (Fsp3) is 0.560. The van der Waals surface area contributed by atoms with Gasteiger partial charge < -0.3 is 4.74 Å². The first-order valence-electron chi connectivity index (χ1n) is 10.3. The van der Waals surface area contributed by atoms with Crippen molar-refractivity contribution in [3.63, 3.8) is 0 Å². The van der Waals surface area contributed by atoms with Crippen molar-refractivity contribution in [2.24, 2.45) is 5.92 Å². The van der Waals surface area contributed by atoms with Crippen LogP contribution in [0.4, 0.5) is 0 Å². The van der Waals surface area contributed by atoms with Crippen molar-refractivity contribution in [3.05, 3.63) is 65.6 Å². The van der Waals surface area contributed by atoms with Gasteiger partial charge in [-0.2, -0.15) is 0 Å². The van der Waals surface area contributed by atoms with Gasteiger partial charge in [0, 0.05) is 5.92 Å². The van der Waals surface area contributed by atoms with Gasteiger partial charge in [-0.25, -0.2) is 0 Å². The van der Waals surface area contributed by atoms with E-state index in [0.717, 1.165) is 18.8 Å². The van der Waals surface area contributed by atoms with Crippen molar-refractivity contribution in [1.82, 2.24) is 0 Å². The second-order valence-electron chi connectivity index (χ2n) is 6.82. The molecule has 0 aliphatic heterocycles. The average molecular weight is 357 g/mol. The summed E-state index contributed by atoms with van der Waals surface area (Å²) in [5, 5.41) is 0. The third kappa shape index (κ3) is 12.6. The highest BCUT2D eigenvalue weighted by Crippen LogP contribution is 2.18. The normalized spacial score (nSPS) is 11.8. The summed E-state index contributed by atoms with van der Waals surface area (Å²) in [7, 11) is 0. The number of hydrogen-bond donors (Lipinski definition) is 0. The van der Waals surface area contributed by atoms with Crippen LogP contribution in [0.1, 0.15) is 78.7 Å². The van der Waals surface area contributed by atoms with E-state index in [0.29, 0.717) is 5.92 Å². The molecule has 0 aliphatic carbocycles. The first-order chi connectivity index (χ1) is 12.6. The van der Waals surface area contributed by atoms with Crippen LogP contribution in [-0.2, 0) is 11.2 Å². The van der Waals surface area contributed by atoms with Gasteiger partial charge in [0.15, 0.2) is 0 Å². The molecule has 0 saturated carbocycles. The molecule has 0 saturated heterocycles. The smallest absolute Gasteiger partial charge is 0.140 e. The van der Waals surface area contributed by atoms with Crippen LogP contribution < -0.4 is 0 Å². The molecule has 1 aromatic rings. The Morgan fingerprint density at radius 3 is 2.38 bits per heavy atom. The van der Waals surface area contributed by atoms with Crippen LogP contribution in [-0.4, -0.2) is 6.61 Å². The van der Waals surface area contributed by atoms with Gasteiger partial charge in [-0.05, 0) is 45.1 Å². The van der Waals surface area contributed by atoms with Crippen molar-refractivity contribution in [2.75, 3.05) is 6.61 Å². The van der Waals surface area contributed by atoms with E-state index < -0.39 is 0 Å². The third-order valence-electron chi connectivity index (χ3n) is 4.37. The topological polar surface area (TPSA) is 9.23 Å². The highest BCUT2D eigenvalue weighted by atomic mass is 16.5. The molecule has 1 unspecified atom stereocenters. The van der Waals surface area contributed by atoms with Crippen LogP contribution in [0.2, 0.25) is 0 Å². The third-order valence-corrected chi connectivity index (χ3v) is 4.37. The fourth-order valence-corrected chi connectivity index (χ4v) is 2.79. The van der Waals surface area contributed by atoms with Gasteiger partial charge in [-0.1, -0.05) is 94.3 Å². The van der Waals surface area contributed by atoms with E-state index >= 15 is 0 Å². The summed E-state index contributed by atoms with van der Waals surface area (Å²) in [4.78, 5) is 0. The van der Waals surface area contributed by atoms with Gasteiger partial charge in [0.2, 0.25) is 0 Å². The van der Waals surface area contributed by atoms with Crippen LogP contribution in [0.15, 0.2) is 60.1 Å². The van der Waals surface area contributed by atoms with Gasteiger partial charge in [-0.15, -0.1) is 0 Å². The van der Waals surface area contributed by atoms with Crippen LogP contribution in [0.25, 0.3) is 0 Å². The number of ether oxygens (including phenoxy) is 1. The lowest BCUT2D eigenvalue weighted by atomic mass is 10.0. The van der Waals surface area contributed by atoms with E-state index in [4.69, 9.17) is 4.74 Å². The van der Waals surface area contributed by atoms with E-state index in [9.17, 15) is 0 Å². The lowest BCUT2D eigenvalue weighted by molar-refractivity contribution is 0.192. The van der Waals surface area contributed by atoms with E-state index in [1.807, 2.05) is 6.92 Å². The number of unbranched alkanes of at least 4 members (excludes halogenated alkanes) is 2. The molecule has 0 aliphatic rings. The SMILES string of the molecule is C=C=C(OCC)C(C)CCCCC.CCC=C(C)CCc1ccccc1. The summed E-state index contributed by atoms with van der Waals surface area (Å²) < 4.78 is 5.43. The number of hydrogen-bond acceptors (Lipinski definition) is 1. The molecule has 0 spiro atoms. The lowest BCUT2D eigenvalue weighted by Crippen LogP contribution is -2.02. The molecule has 1 nitrogen and oxygen atoms in total. The molecule has 0 amide bonds. The van der Waals surface area contributed by atoms with Gasteiger partial charge in [0.25, 0.3) is 0 Å². The molecule has 26 heavy (non-hydrogen) atoms. The highest BCUT2D eigenvalue weighted by Gasteiger charge is 2.08. The number of rotatable bonds is 11. The van der Waals surface area contributed by atoms with Crippen molar-refractivity contribution in [2.45, 2.75) is 79.6 Å². The molecule has 0 N–H and O–H groups in total. The Kier molecular flexibility index (Phi) is 15.6. The summed E-state index contributed by atoms with van der Waals surface area (Å²) in [5.74, 6) is 1.41. The molecule has 0 radical (unpaired) electrons. The molecular weight excluding hydrogens is 316 g/mol. The largest absolute Gasteiger partial charge is 0.490 e. The zero-order chi connectivity index (χ0) is 19.6. The van der Waals surface area contributed by atoms with Crippen LogP contribution >= 0.6 is 0 Å². The minimum atomic E-state index is 0.476. The highest BCUT2D eigenvalue weighted by molar-refractivity contribution is 5.16. The Morgan fingerprint density at radius 1 is 1.15 bits per heavy atom. The summed E-state index contributed by atoms with van der Waals surface area (Å²) >= 11 is 0. The Bertz CT molecular complexity index is 520. The molecule has 0 bridgehead atoms. The summed E-state index contributed by atoms with van der Waals surface area (Å²) in [6.45, 7) is 15.2. The maximum absolute atomic E-state index is 5.43. The average Bonchev–Trinajstić information content (AvgIpc) is 2.66. The number of allylic oxidation sites excluding steroid dienone is 3. The molecule has 1 rings (SSSR count). The maximum Gasteiger partial charge on any atom is 0.140 e. The Balaban J connectivity index is 0.000000481. The molecule has 0 fully saturated rings. The van der Waals surface area contributed by atoms with E-state index in [2.05, 4.69) is 76.4 Å². The van der Waals surface area contributed by atoms with Gasteiger partial charge in [0.1, 0.15) is 5.76 Å². The lowest BCUT2D eigenvalue weighted by Gasteiger charge is -2.13. The molecule has 0 heterocycles. The van der Waals surface area contributed by atoms with Crippen LogP contribution in [0.5, 0.6) is 0 Å². The molecule has 0 aromatic heterocycles. The molecular formula is C25H40O. The molecule has 1 atom stereocenters. The van der Waals surface area contributed by atoms with Gasteiger partial charge in [-0.3, -0.25) is 0 Å². The minimum absolute atomic E-state index is 0.476. The predicted molar refractivity (Wildman–Crippen MR) is 116 cm³/mol. The zero-order valence-corrected chi connectivity index (χ0v) is 17.8. The van der Waals surface area contributed by atoms with E-state index in [1.54, 1.807) is 0 Å². The van der Waals surface area contributed by atoms with Crippen molar-refractivity contribution in [3.8, 4) is 0 Å². The minimum Gasteiger partial charge on any atom is -0.490 e. The zero-order valence-electron chi connectivity index (χ0n) is 17.8. The fourth-order valence-electron chi connectivity index (χ4n) is 2.79. The monoisotopic (exact) mass is 356 g/mol. The molecule has 1 heteroatoms. The molecule has 146 valence electrons. The summed E-state index contributed by atoms with van der Waals surface area (Å²) in [6, 6.07) is 10.7. The van der Waals surface area contributed by atoms with Gasteiger partial charge >= 0.3 is 0 Å².